The number of amides is 3. The number of hydrogen-bond acceptors (Lipinski definition) is 5. The lowest BCUT2D eigenvalue weighted by molar-refractivity contribution is -0.384. The largest absolute Gasteiger partial charge is 0.489 e. The quantitative estimate of drug-likeness (QED) is 0.262. The summed E-state index contributed by atoms with van der Waals surface area (Å²) in [4.78, 5) is 35.3. The number of non-ortho nitro benzene ring substituents is 1. The van der Waals surface area contributed by atoms with Gasteiger partial charge in [-0.25, -0.2) is 4.79 Å². The van der Waals surface area contributed by atoms with Crippen LogP contribution in [0.15, 0.2) is 66.9 Å². The maximum atomic E-state index is 12.2. The van der Waals surface area contributed by atoms with Gasteiger partial charge in [-0.2, -0.15) is 0 Å². The van der Waals surface area contributed by atoms with Crippen molar-refractivity contribution in [3.05, 3.63) is 88.1 Å². The zero-order valence-corrected chi connectivity index (χ0v) is 14.8. The molecule has 1 N–H and O–H groups in total. The Morgan fingerprint density at radius 1 is 1.18 bits per heavy atom. The van der Waals surface area contributed by atoms with E-state index in [0.717, 1.165) is 4.90 Å². The van der Waals surface area contributed by atoms with Crippen molar-refractivity contribution >= 4 is 23.7 Å². The van der Waals surface area contributed by atoms with Gasteiger partial charge in [-0.05, 0) is 29.3 Å². The van der Waals surface area contributed by atoms with E-state index in [9.17, 15) is 19.7 Å². The molecule has 3 rings (SSSR count). The molecule has 1 fully saturated rings. The van der Waals surface area contributed by atoms with Crippen LogP contribution in [0.4, 0.5) is 10.5 Å². The van der Waals surface area contributed by atoms with Crippen molar-refractivity contribution in [3.8, 4) is 5.75 Å². The summed E-state index contributed by atoms with van der Waals surface area (Å²) in [6.45, 7) is 3.86. The summed E-state index contributed by atoms with van der Waals surface area (Å²) in [5, 5.41) is 13.3. The highest BCUT2D eigenvalue weighted by Crippen LogP contribution is 2.19. The van der Waals surface area contributed by atoms with Crippen LogP contribution in [0.5, 0.6) is 5.75 Å². The monoisotopic (exact) mass is 379 g/mol. The predicted octanol–water partition coefficient (Wildman–Crippen LogP) is 3.25. The second-order valence-corrected chi connectivity index (χ2v) is 5.98. The molecule has 8 heteroatoms. The van der Waals surface area contributed by atoms with Gasteiger partial charge in [-0.3, -0.25) is 19.8 Å². The molecule has 0 saturated carbocycles. The minimum atomic E-state index is -0.479. The number of urea groups is 1. The van der Waals surface area contributed by atoms with Crippen molar-refractivity contribution in [3.63, 3.8) is 0 Å². The zero-order valence-electron chi connectivity index (χ0n) is 14.8. The molecule has 2 aromatic rings. The van der Waals surface area contributed by atoms with Crippen LogP contribution in [-0.4, -0.2) is 28.3 Å². The third-order valence-electron chi connectivity index (χ3n) is 3.99. The van der Waals surface area contributed by atoms with Gasteiger partial charge in [0.25, 0.3) is 11.6 Å². The van der Waals surface area contributed by atoms with Crippen molar-refractivity contribution in [1.82, 2.24) is 10.2 Å². The second kappa shape index (κ2) is 8.17. The Morgan fingerprint density at radius 2 is 1.93 bits per heavy atom. The topological polar surface area (TPSA) is 102 Å². The molecule has 1 aliphatic heterocycles. The Morgan fingerprint density at radius 3 is 2.61 bits per heavy atom. The number of hydrogen-bond donors (Lipinski definition) is 1. The zero-order chi connectivity index (χ0) is 20.1. The van der Waals surface area contributed by atoms with Crippen LogP contribution >= 0.6 is 0 Å². The molecular weight excluding hydrogens is 362 g/mol. The normalized spacial score (nSPS) is 14.9. The molecule has 142 valence electrons. The minimum Gasteiger partial charge on any atom is -0.489 e. The van der Waals surface area contributed by atoms with Gasteiger partial charge in [0.15, 0.2) is 0 Å². The summed E-state index contributed by atoms with van der Waals surface area (Å²) in [7, 11) is 0. The molecule has 0 aromatic heterocycles. The Bertz CT molecular complexity index is 966. The average Bonchev–Trinajstić information content (AvgIpc) is 2.95. The summed E-state index contributed by atoms with van der Waals surface area (Å²) in [5.41, 5.74) is 1.60. The summed E-state index contributed by atoms with van der Waals surface area (Å²) >= 11 is 0. The van der Waals surface area contributed by atoms with E-state index in [0.29, 0.717) is 16.9 Å². The fourth-order valence-electron chi connectivity index (χ4n) is 2.62. The van der Waals surface area contributed by atoms with Gasteiger partial charge in [-0.15, -0.1) is 6.58 Å². The first-order valence-corrected chi connectivity index (χ1v) is 8.39. The van der Waals surface area contributed by atoms with Crippen LogP contribution in [0, 0.1) is 10.1 Å². The SMILES string of the molecule is C=CCN1C(=O)N/C(=C/c2ccc(OCc3cccc([N+](=O)[O-])c3)cc2)C1=O. The Balaban J connectivity index is 1.65. The Kier molecular flexibility index (Phi) is 5.50. The smallest absolute Gasteiger partial charge is 0.329 e. The van der Waals surface area contributed by atoms with Crippen LogP contribution in [0.1, 0.15) is 11.1 Å². The van der Waals surface area contributed by atoms with Gasteiger partial charge >= 0.3 is 6.03 Å². The molecule has 3 amide bonds. The lowest BCUT2D eigenvalue weighted by Gasteiger charge is -2.07. The molecule has 8 nitrogen and oxygen atoms in total. The van der Waals surface area contributed by atoms with Gasteiger partial charge in [0.2, 0.25) is 0 Å². The molecule has 0 atom stereocenters. The number of benzene rings is 2. The number of carbonyl (C=O) groups is 2. The van der Waals surface area contributed by atoms with E-state index in [1.54, 1.807) is 42.5 Å². The summed E-state index contributed by atoms with van der Waals surface area (Å²) in [6.07, 6.45) is 3.06. The van der Waals surface area contributed by atoms with E-state index in [1.165, 1.54) is 18.2 Å². The van der Waals surface area contributed by atoms with E-state index < -0.39 is 16.9 Å². The number of nitrogens with one attached hydrogen (secondary N) is 1. The molecule has 0 spiro atoms. The number of carbonyl (C=O) groups excluding carboxylic acids is 2. The number of imide groups is 1. The molecule has 0 bridgehead atoms. The number of ether oxygens (including phenoxy) is 1. The van der Waals surface area contributed by atoms with Crippen LogP contribution in [0.25, 0.3) is 6.08 Å². The molecule has 0 radical (unpaired) electrons. The van der Waals surface area contributed by atoms with Crippen LogP contribution in [0.2, 0.25) is 0 Å². The Hall–Kier alpha value is -3.94. The number of nitro groups is 1. The van der Waals surface area contributed by atoms with E-state index >= 15 is 0 Å². The number of nitro benzene ring substituents is 1. The first-order chi connectivity index (χ1) is 13.5. The van der Waals surface area contributed by atoms with E-state index in [2.05, 4.69) is 11.9 Å². The van der Waals surface area contributed by atoms with Crippen molar-refractivity contribution in [1.29, 1.82) is 0 Å². The molecule has 1 saturated heterocycles. The highest BCUT2D eigenvalue weighted by atomic mass is 16.6. The van der Waals surface area contributed by atoms with Gasteiger partial charge in [0.1, 0.15) is 18.1 Å². The predicted molar refractivity (Wildman–Crippen MR) is 102 cm³/mol. The molecule has 0 aliphatic carbocycles. The number of nitrogens with zero attached hydrogens (tertiary/aromatic N) is 2. The van der Waals surface area contributed by atoms with Crippen LogP contribution < -0.4 is 10.1 Å². The van der Waals surface area contributed by atoms with Crippen molar-refractivity contribution < 1.29 is 19.2 Å². The number of rotatable bonds is 7. The van der Waals surface area contributed by atoms with E-state index in [-0.39, 0.29) is 24.5 Å². The maximum Gasteiger partial charge on any atom is 0.329 e. The highest BCUT2D eigenvalue weighted by Gasteiger charge is 2.32. The third kappa shape index (κ3) is 4.24. The molecular formula is C20H17N3O5. The van der Waals surface area contributed by atoms with E-state index in [4.69, 9.17) is 4.74 Å². The summed E-state index contributed by atoms with van der Waals surface area (Å²) in [5.74, 6) is 0.166. The molecule has 2 aromatic carbocycles. The first kappa shape index (κ1) is 18.8. The standard InChI is InChI=1S/C20H17N3O5/c1-2-10-22-19(24)18(21-20(22)25)12-14-6-8-17(9-7-14)28-13-15-4-3-5-16(11-15)23(26)27/h2-9,11-12H,1,10,13H2,(H,21,25)/b18-12+. The fourth-order valence-corrected chi connectivity index (χ4v) is 2.62. The lowest BCUT2D eigenvalue weighted by atomic mass is 10.2. The third-order valence-corrected chi connectivity index (χ3v) is 3.99. The molecule has 28 heavy (non-hydrogen) atoms. The van der Waals surface area contributed by atoms with Crippen LogP contribution in [0.3, 0.4) is 0 Å². The van der Waals surface area contributed by atoms with Crippen molar-refractivity contribution in [2.75, 3.05) is 6.54 Å². The van der Waals surface area contributed by atoms with Gasteiger partial charge in [0.05, 0.1) is 4.92 Å². The van der Waals surface area contributed by atoms with Crippen molar-refractivity contribution in [2.45, 2.75) is 6.61 Å². The Labute approximate surface area is 160 Å². The van der Waals surface area contributed by atoms with Crippen molar-refractivity contribution in [2.24, 2.45) is 0 Å². The van der Waals surface area contributed by atoms with Gasteiger partial charge < -0.3 is 10.1 Å². The average molecular weight is 379 g/mol. The highest BCUT2D eigenvalue weighted by molar-refractivity contribution is 6.14. The molecule has 1 aliphatic rings. The minimum absolute atomic E-state index is 0.0110. The second-order valence-electron chi connectivity index (χ2n) is 5.98. The fraction of sp³-hybridized carbons (Fsp3) is 0.100. The molecule has 0 unspecified atom stereocenters. The van der Waals surface area contributed by atoms with E-state index in [1.807, 2.05) is 0 Å². The lowest BCUT2D eigenvalue weighted by Crippen LogP contribution is -2.30. The summed E-state index contributed by atoms with van der Waals surface area (Å²) < 4.78 is 5.64. The van der Waals surface area contributed by atoms with Crippen LogP contribution in [-0.2, 0) is 11.4 Å². The maximum absolute atomic E-state index is 12.2. The van der Waals surface area contributed by atoms with Gasteiger partial charge in [0, 0.05) is 18.7 Å². The van der Waals surface area contributed by atoms with Gasteiger partial charge in [-0.1, -0.05) is 30.3 Å². The molecule has 1 heterocycles. The first-order valence-electron chi connectivity index (χ1n) is 8.39. The summed E-state index contributed by atoms with van der Waals surface area (Å²) in [6, 6.07) is 12.7.